The molecule has 1 aromatic carbocycles. The highest BCUT2D eigenvalue weighted by atomic mass is 16.5. The lowest BCUT2D eigenvalue weighted by molar-refractivity contribution is -0.133. The van der Waals surface area contributed by atoms with E-state index in [9.17, 15) is 14.7 Å². The van der Waals surface area contributed by atoms with Crippen molar-refractivity contribution in [3.05, 3.63) is 59.9 Å². The monoisotopic (exact) mass is 411 g/mol. The lowest BCUT2D eigenvalue weighted by Crippen LogP contribution is -2.63. The average molecular weight is 412 g/mol. The molecule has 2 aromatic rings. The number of likely N-dealkylation sites (tertiary alicyclic amines) is 1. The molecule has 0 unspecified atom stereocenters. The van der Waals surface area contributed by atoms with Gasteiger partial charge in [0.2, 0.25) is 5.91 Å². The highest BCUT2D eigenvalue weighted by Gasteiger charge is 2.46. The van der Waals surface area contributed by atoms with Gasteiger partial charge in [-0.15, -0.1) is 0 Å². The Labute approximate surface area is 176 Å². The second-order valence-electron chi connectivity index (χ2n) is 8.23. The number of carbonyl (C=O) groups is 2. The topological polar surface area (TPSA) is 83.8 Å². The summed E-state index contributed by atoms with van der Waals surface area (Å²) in [6.45, 7) is 1.77. The SMILES string of the molecule is Cn1cccc1C(=O)N1CC[C@@](NC(=O)C2CCOCC2)(c2ccccc2)[C@H](O)C1. The quantitative estimate of drug-likeness (QED) is 0.802. The van der Waals surface area contributed by atoms with Crippen LogP contribution in [0.25, 0.3) is 0 Å². The number of aliphatic hydroxyl groups excluding tert-OH is 1. The van der Waals surface area contributed by atoms with E-state index in [2.05, 4.69) is 5.32 Å². The molecule has 3 heterocycles. The summed E-state index contributed by atoms with van der Waals surface area (Å²) in [5.74, 6) is -0.281. The summed E-state index contributed by atoms with van der Waals surface area (Å²) in [7, 11) is 1.83. The maximum absolute atomic E-state index is 13.1. The summed E-state index contributed by atoms with van der Waals surface area (Å²) in [5.41, 5.74) is 0.534. The molecule has 160 valence electrons. The fraction of sp³-hybridized carbons (Fsp3) is 0.478. The number of aliphatic hydroxyl groups is 1. The summed E-state index contributed by atoms with van der Waals surface area (Å²) < 4.78 is 7.16. The molecule has 2 aliphatic rings. The van der Waals surface area contributed by atoms with E-state index in [0.29, 0.717) is 44.7 Å². The molecule has 0 radical (unpaired) electrons. The molecular formula is C23H29N3O4. The van der Waals surface area contributed by atoms with Crippen LogP contribution in [0.4, 0.5) is 0 Å². The van der Waals surface area contributed by atoms with Crippen molar-refractivity contribution in [3.8, 4) is 0 Å². The van der Waals surface area contributed by atoms with E-state index >= 15 is 0 Å². The number of nitrogens with one attached hydrogen (secondary N) is 1. The van der Waals surface area contributed by atoms with Crippen LogP contribution < -0.4 is 5.32 Å². The molecule has 2 fully saturated rings. The summed E-state index contributed by atoms with van der Waals surface area (Å²) in [6.07, 6.45) is 2.73. The normalized spacial score (nSPS) is 25.1. The standard InChI is InChI=1S/C23H29N3O4/c1-25-12-5-8-19(25)22(29)26-13-11-23(20(27)16-26,18-6-3-2-4-7-18)24-21(28)17-9-14-30-15-10-17/h2-8,12,17,20,27H,9-11,13-16H2,1H3,(H,24,28)/t20-,23-/m1/s1. The van der Waals surface area contributed by atoms with Gasteiger partial charge in [0, 0.05) is 45.5 Å². The van der Waals surface area contributed by atoms with Crippen molar-refractivity contribution in [2.24, 2.45) is 13.0 Å². The van der Waals surface area contributed by atoms with E-state index in [1.807, 2.05) is 49.6 Å². The number of hydrogen-bond donors (Lipinski definition) is 2. The van der Waals surface area contributed by atoms with Crippen molar-refractivity contribution in [2.75, 3.05) is 26.3 Å². The van der Waals surface area contributed by atoms with E-state index in [1.54, 1.807) is 15.5 Å². The Bertz CT molecular complexity index is 891. The summed E-state index contributed by atoms with van der Waals surface area (Å²) >= 11 is 0. The molecule has 2 N–H and O–H groups in total. The first kappa shape index (κ1) is 20.6. The van der Waals surface area contributed by atoms with Crippen LogP contribution in [0.2, 0.25) is 0 Å². The number of aromatic nitrogens is 1. The zero-order chi connectivity index (χ0) is 21.1. The Morgan fingerprint density at radius 1 is 1.13 bits per heavy atom. The number of rotatable bonds is 4. The molecule has 7 nitrogen and oxygen atoms in total. The minimum absolute atomic E-state index is 0.0524. The van der Waals surface area contributed by atoms with Crippen molar-refractivity contribution in [1.82, 2.24) is 14.8 Å². The predicted molar refractivity (Wildman–Crippen MR) is 112 cm³/mol. The maximum Gasteiger partial charge on any atom is 0.270 e. The molecule has 4 rings (SSSR count). The smallest absolute Gasteiger partial charge is 0.270 e. The van der Waals surface area contributed by atoms with E-state index in [0.717, 1.165) is 5.56 Å². The van der Waals surface area contributed by atoms with Crippen molar-refractivity contribution < 1.29 is 19.4 Å². The first-order chi connectivity index (χ1) is 14.5. The Balaban J connectivity index is 1.57. The number of benzene rings is 1. The van der Waals surface area contributed by atoms with Crippen LogP contribution in [0.1, 0.15) is 35.3 Å². The minimum Gasteiger partial charge on any atom is -0.388 e. The van der Waals surface area contributed by atoms with Gasteiger partial charge >= 0.3 is 0 Å². The van der Waals surface area contributed by atoms with Gasteiger partial charge in [0.25, 0.3) is 5.91 Å². The number of aryl methyl sites for hydroxylation is 1. The Morgan fingerprint density at radius 3 is 2.50 bits per heavy atom. The van der Waals surface area contributed by atoms with Crippen LogP contribution in [0.3, 0.4) is 0 Å². The van der Waals surface area contributed by atoms with Crippen LogP contribution in [-0.4, -0.2) is 58.8 Å². The minimum atomic E-state index is -0.915. The highest BCUT2D eigenvalue weighted by Crippen LogP contribution is 2.35. The summed E-state index contributed by atoms with van der Waals surface area (Å²) in [4.78, 5) is 27.7. The van der Waals surface area contributed by atoms with Crippen LogP contribution in [0.15, 0.2) is 48.7 Å². The van der Waals surface area contributed by atoms with E-state index in [1.165, 1.54) is 0 Å². The van der Waals surface area contributed by atoms with E-state index in [-0.39, 0.29) is 24.3 Å². The molecule has 1 aromatic heterocycles. The zero-order valence-corrected chi connectivity index (χ0v) is 17.3. The van der Waals surface area contributed by atoms with Crippen LogP contribution in [0.5, 0.6) is 0 Å². The van der Waals surface area contributed by atoms with Crippen molar-refractivity contribution in [1.29, 1.82) is 0 Å². The molecule has 0 aliphatic carbocycles. The second-order valence-corrected chi connectivity index (χ2v) is 8.23. The van der Waals surface area contributed by atoms with Crippen molar-refractivity contribution >= 4 is 11.8 Å². The molecule has 2 aliphatic heterocycles. The van der Waals surface area contributed by atoms with Crippen molar-refractivity contribution in [2.45, 2.75) is 30.9 Å². The van der Waals surface area contributed by atoms with Crippen LogP contribution in [-0.2, 0) is 22.1 Å². The number of piperidine rings is 1. The molecule has 0 saturated carbocycles. The fourth-order valence-electron chi connectivity index (χ4n) is 4.54. The largest absolute Gasteiger partial charge is 0.388 e. The molecule has 2 atom stereocenters. The maximum atomic E-state index is 13.1. The number of hydrogen-bond acceptors (Lipinski definition) is 4. The Kier molecular flexibility index (Phi) is 5.92. The second kappa shape index (κ2) is 8.62. The number of amides is 2. The lowest BCUT2D eigenvalue weighted by Gasteiger charge is -2.47. The summed E-state index contributed by atoms with van der Waals surface area (Å²) in [5, 5.41) is 14.5. The number of ether oxygens (including phenoxy) is 1. The molecular weight excluding hydrogens is 382 g/mol. The first-order valence-corrected chi connectivity index (χ1v) is 10.6. The van der Waals surface area contributed by atoms with Gasteiger partial charge in [-0.3, -0.25) is 9.59 Å². The number of nitrogens with zero attached hydrogens (tertiary/aromatic N) is 2. The van der Waals surface area contributed by atoms with Gasteiger partial charge in [0.1, 0.15) is 5.69 Å². The Hall–Kier alpha value is -2.64. The summed E-state index contributed by atoms with van der Waals surface area (Å²) in [6, 6.07) is 13.2. The Morgan fingerprint density at radius 2 is 1.87 bits per heavy atom. The number of carbonyl (C=O) groups excluding carboxylic acids is 2. The van der Waals surface area contributed by atoms with Gasteiger partial charge in [-0.25, -0.2) is 0 Å². The molecule has 2 amide bonds. The average Bonchev–Trinajstić information content (AvgIpc) is 3.21. The first-order valence-electron chi connectivity index (χ1n) is 10.6. The van der Waals surface area contributed by atoms with Crippen molar-refractivity contribution in [3.63, 3.8) is 0 Å². The van der Waals surface area contributed by atoms with Crippen LogP contribution in [0, 0.1) is 5.92 Å². The van der Waals surface area contributed by atoms with Gasteiger partial charge < -0.3 is 24.6 Å². The number of β-amino-alcohol motifs (C(OH)–C–C–N with tert-alkyl or cyclic N) is 1. The van der Waals surface area contributed by atoms with E-state index < -0.39 is 11.6 Å². The van der Waals surface area contributed by atoms with Gasteiger partial charge in [-0.05, 0) is 37.0 Å². The molecule has 0 bridgehead atoms. The lowest BCUT2D eigenvalue weighted by atomic mass is 9.77. The third-order valence-corrected chi connectivity index (χ3v) is 6.42. The van der Waals surface area contributed by atoms with Gasteiger partial charge in [-0.2, -0.15) is 0 Å². The molecule has 2 saturated heterocycles. The third-order valence-electron chi connectivity index (χ3n) is 6.42. The van der Waals surface area contributed by atoms with Gasteiger partial charge in [0.05, 0.1) is 11.6 Å². The fourth-order valence-corrected chi connectivity index (χ4v) is 4.54. The molecule has 30 heavy (non-hydrogen) atoms. The third kappa shape index (κ3) is 3.87. The highest BCUT2D eigenvalue weighted by molar-refractivity contribution is 5.93. The van der Waals surface area contributed by atoms with Gasteiger partial charge in [-0.1, -0.05) is 30.3 Å². The van der Waals surface area contributed by atoms with Crippen LogP contribution >= 0.6 is 0 Å². The zero-order valence-electron chi connectivity index (χ0n) is 17.3. The molecule has 0 spiro atoms. The predicted octanol–water partition coefficient (Wildman–Crippen LogP) is 1.67. The van der Waals surface area contributed by atoms with Gasteiger partial charge in [0.15, 0.2) is 0 Å². The van der Waals surface area contributed by atoms with E-state index in [4.69, 9.17) is 4.74 Å². The molecule has 7 heteroatoms.